The Labute approximate surface area is 173 Å². The Hall–Kier alpha value is -3.70. The Kier molecular flexibility index (Phi) is 6.92. The van der Waals surface area contributed by atoms with Gasteiger partial charge < -0.3 is 4.74 Å². The number of hydrogen-bond acceptors (Lipinski definition) is 4. The summed E-state index contributed by atoms with van der Waals surface area (Å²) >= 11 is 5.79. The number of benzene rings is 3. The molecule has 0 spiro atoms. The molecule has 1 amide bonds. The maximum atomic E-state index is 12.0. The van der Waals surface area contributed by atoms with Crippen LogP contribution in [0.2, 0.25) is 5.02 Å². The molecule has 3 rings (SSSR count). The fraction of sp³-hybridized carbons (Fsp3) is 0. The van der Waals surface area contributed by atoms with Gasteiger partial charge in [-0.1, -0.05) is 41.9 Å². The lowest BCUT2D eigenvalue weighted by atomic mass is 10.2. The van der Waals surface area contributed by atoms with E-state index in [4.69, 9.17) is 16.3 Å². The largest absolute Gasteiger partial charge is 0.423 e. The first-order valence-corrected chi connectivity index (χ1v) is 9.12. The first-order valence-electron chi connectivity index (χ1n) is 8.74. The monoisotopic (exact) mass is 404 g/mol. The van der Waals surface area contributed by atoms with Crippen LogP contribution in [0.3, 0.4) is 0 Å². The third-order valence-corrected chi connectivity index (χ3v) is 4.05. The van der Waals surface area contributed by atoms with Crippen molar-refractivity contribution in [1.82, 2.24) is 5.43 Å². The molecule has 0 atom stereocenters. The van der Waals surface area contributed by atoms with Gasteiger partial charge in [0.05, 0.1) is 6.21 Å². The molecule has 0 aliphatic rings. The lowest BCUT2D eigenvalue weighted by Gasteiger charge is -2.02. The zero-order chi connectivity index (χ0) is 20.5. The van der Waals surface area contributed by atoms with Gasteiger partial charge in [-0.2, -0.15) is 5.10 Å². The second-order valence-electron chi connectivity index (χ2n) is 5.94. The summed E-state index contributed by atoms with van der Waals surface area (Å²) < 4.78 is 5.25. The van der Waals surface area contributed by atoms with Crippen molar-refractivity contribution in [3.8, 4) is 5.75 Å². The van der Waals surface area contributed by atoms with E-state index in [9.17, 15) is 9.59 Å². The fourth-order valence-corrected chi connectivity index (χ4v) is 2.46. The summed E-state index contributed by atoms with van der Waals surface area (Å²) in [6.07, 6.45) is 4.55. The number of carbonyl (C=O) groups is 2. The highest BCUT2D eigenvalue weighted by Gasteiger charge is 2.03. The number of ether oxygens (including phenoxy) is 1. The lowest BCUT2D eigenvalue weighted by molar-refractivity contribution is -0.128. The molecule has 0 bridgehead atoms. The highest BCUT2D eigenvalue weighted by Crippen LogP contribution is 2.12. The second-order valence-corrected chi connectivity index (χ2v) is 6.38. The van der Waals surface area contributed by atoms with E-state index in [1.807, 2.05) is 30.3 Å². The van der Waals surface area contributed by atoms with Gasteiger partial charge in [0.25, 0.3) is 5.91 Å². The summed E-state index contributed by atoms with van der Waals surface area (Å²) in [5.41, 5.74) is 4.55. The molecule has 0 saturated carbocycles. The van der Waals surface area contributed by atoms with Crippen LogP contribution >= 0.6 is 11.6 Å². The molecule has 144 valence electrons. The molecule has 0 fully saturated rings. The lowest BCUT2D eigenvalue weighted by Crippen LogP contribution is -2.17. The Morgan fingerprint density at radius 2 is 1.55 bits per heavy atom. The van der Waals surface area contributed by atoms with E-state index in [0.717, 1.165) is 11.1 Å². The Balaban J connectivity index is 1.51. The highest BCUT2D eigenvalue weighted by atomic mass is 35.5. The molecule has 6 heteroatoms. The van der Waals surface area contributed by atoms with Crippen molar-refractivity contribution in [2.45, 2.75) is 0 Å². The number of nitrogens with zero attached hydrogens (tertiary/aromatic N) is 1. The molecule has 0 unspecified atom stereocenters. The van der Waals surface area contributed by atoms with Crippen molar-refractivity contribution in [3.05, 3.63) is 107 Å². The number of amides is 1. The molecule has 5 nitrogen and oxygen atoms in total. The molecule has 3 aromatic carbocycles. The molecule has 0 radical (unpaired) electrons. The maximum Gasteiger partial charge on any atom is 0.336 e. The number of rotatable bonds is 6. The van der Waals surface area contributed by atoms with E-state index >= 15 is 0 Å². The third kappa shape index (κ3) is 6.45. The normalized spacial score (nSPS) is 10.9. The van der Waals surface area contributed by atoms with Crippen LogP contribution in [0, 0.1) is 0 Å². The molecule has 0 heterocycles. The van der Waals surface area contributed by atoms with Gasteiger partial charge in [-0.25, -0.2) is 10.2 Å². The number of esters is 1. The van der Waals surface area contributed by atoms with Gasteiger partial charge in [-0.15, -0.1) is 0 Å². The highest BCUT2D eigenvalue weighted by molar-refractivity contribution is 6.30. The quantitative estimate of drug-likeness (QED) is 0.212. The van der Waals surface area contributed by atoms with E-state index in [1.54, 1.807) is 54.6 Å². The van der Waals surface area contributed by atoms with Crippen molar-refractivity contribution < 1.29 is 14.3 Å². The number of nitrogens with one attached hydrogen (secondary N) is 1. The smallest absolute Gasteiger partial charge is 0.336 e. The first-order chi connectivity index (χ1) is 14.1. The molecule has 0 aliphatic carbocycles. The topological polar surface area (TPSA) is 67.8 Å². The van der Waals surface area contributed by atoms with E-state index in [-0.39, 0.29) is 5.91 Å². The van der Waals surface area contributed by atoms with Gasteiger partial charge in [0, 0.05) is 16.7 Å². The number of hydrazone groups is 1. The third-order valence-electron chi connectivity index (χ3n) is 3.80. The first kappa shape index (κ1) is 20.0. The summed E-state index contributed by atoms with van der Waals surface area (Å²) in [5, 5.41) is 4.47. The molecule has 1 N–H and O–H groups in total. The predicted molar refractivity (Wildman–Crippen MR) is 114 cm³/mol. The minimum atomic E-state index is -0.467. The standard InChI is InChI=1S/C23H17ClN2O3/c24-20-11-9-19(10-12-20)23(28)26-25-16-18-6-13-21(14-7-18)29-22(27)15-8-17-4-2-1-3-5-17/h1-16H,(H,26,28). The summed E-state index contributed by atoms with van der Waals surface area (Å²) in [7, 11) is 0. The van der Waals surface area contributed by atoms with Crippen molar-refractivity contribution in [1.29, 1.82) is 0 Å². The van der Waals surface area contributed by atoms with Crippen LogP contribution in [0.15, 0.2) is 90.0 Å². The van der Waals surface area contributed by atoms with Gasteiger partial charge in [0.2, 0.25) is 0 Å². The fourth-order valence-electron chi connectivity index (χ4n) is 2.33. The maximum absolute atomic E-state index is 12.0. The molecule has 3 aromatic rings. The van der Waals surface area contributed by atoms with Crippen molar-refractivity contribution >= 4 is 35.8 Å². The molecule has 0 aromatic heterocycles. The second kappa shape index (κ2) is 10.0. The Morgan fingerprint density at radius 1 is 0.862 bits per heavy atom. The zero-order valence-corrected chi connectivity index (χ0v) is 16.0. The van der Waals surface area contributed by atoms with E-state index in [2.05, 4.69) is 10.5 Å². The van der Waals surface area contributed by atoms with Crippen LogP contribution in [0.5, 0.6) is 5.75 Å². The minimum absolute atomic E-state index is 0.339. The summed E-state index contributed by atoms with van der Waals surface area (Å²) in [6, 6.07) is 22.7. The van der Waals surface area contributed by atoms with Crippen LogP contribution in [-0.2, 0) is 4.79 Å². The van der Waals surface area contributed by atoms with E-state index in [0.29, 0.717) is 16.3 Å². The Morgan fingerprint density at radius 3 is 2.24 bits per heavy atom. The molecule has 0 saturated heterocycles. The van der Waals surface area contributed by atoms with Gasteiger partial charge in [-0.05, 0) is 65.7 Å². The average Bonchev–Trinajstić information content (AvgIpc) is 2.75. The average molecular weight is 405 g/mol. The van der Waals surface area contributed by atoms with Gasteiger partial charge >= 0.3 is 5.97 Å². The van der Waals surface area contributed by atoms with E-state index < -0.39 is 5.97 Å². The van der Waals surface area contributed by atoms with Crippen molar-refractivity contribution in [2.24, 2.45) is 5.10 Å². The van der Waals surface area contributed by atoms with Crippen molar-refractivity contribution in [3.63, 3.8) is 0 Å². The minimum Gasteiger partial charge on any atom is -0.423 e. The van der Waals surface area contributed by atoms with Gasteiger partial charge in [0.15, 0.2) is 0 Å². The molecular weight excluding hydrogens is 388 g/mol. The van der Waals surface area contributed by atoms with Crippen LogP contribution in [-0.4, -0.2) is 18.1 Å². The van der Waals surface area contributed by atoms with Gasteiger partial charge in [-0.3, -0.25) is 4.79 Å². The Bertz CT molecular complexity index is 1030. The summed E-state index contributed by atoms with van der Waals surface area (Å²) in [6.45, 7) is 0. The summed E-state index contributed by atoms with van der Waals surface area (Å²) in [4.78, 5) is 23.8. The van der Waals surface area contributed by atoms with E-state index in [1.165, 1.54) is 12.3 Å². The van der Waals surface area contributed by atoms with Crippen LogP contribution in [0.1, 0.15) is 21.5 Å². The molecule has 29 heavy (non-hydrogen) atoms. The SMILES string of the molecule is O=C(C=Cc1ccccc1)Oc1ccc(C=NNC(=O)c2ccc(Cl)cc2)cc1. The number of halogens is 1. The number of carbonyl (C=O) groups excluding carboxylic acids is 2. The van der Waals surface area contributed by atoms with Gasteiger partial charge in [0.1, 0.15) is 5.75 Å². The zero-order valence-electron chi connectivity index (χ0n) is 15.3. The van der Waals surface area contributed by atoms with Crippen molar-refractivity contribution in [2.75, 3.05) is 0 Å². The number of hydrogen-bond donors (Lipinski definition) is 1. The van der Waals surface area contributed by atoms with Crippen LogP contribution in [0.4, 0.5) is 0 Å². The summed E-state index contributed by atoms with van der Waals surface area (Å²) in [5.74, 6) is -0.394. The molecular formula is C23H17ClN2O3. The predicted octanol–water partition coefficient (Wildman–Crippen LogP) is 4.72. The van der Waals surface area contributed by atoms with Crippen LogP contribution in [0.25, 0.3) is 6.08 Å². The van der Waals surface area contributed by atoms with Crippen LogP contribution < -0.4 is 10.2 Å². The molecule has 0 aliphatic heterocycles.